The van der Waals surface area contributed by atoms with Gasteiger partial charge in [-0.25, -0.2) is 4.39 Å². The van der Waals surface area contributed by atoms with Crippen LogP contribution in [-0.4, -0.2) is 5.91 Å². The van der Waals surface area contributed by atoms with E-state index < -0.39 is 0 Å². The Morgan fingerprint density at radius 1 is 1.29 bits per heavy atom. The van der Waals surface area contributed by atoms with Gasteiger partial charge < -0.3 is 5.32 Å². The molecule has 1 N–H and O–H groups in total. The fourth-order valence-electron chi connectivity index (χ4n) is 2.75. The maximum Gasteiger partial charge on any atom is 0.227 e. The standard InChI is InChI=1S/C13H13BrFNO/c14-11-6-10(15)1-2-12(11)16-13(17)9-4-7-3-8(7)5-9/h1-2,6-9H,3-5H2,(H,16,17). The summed E-state index contributed by atoms with van der Waals surface area (Å²) in [4.78, 5) is 12.0. The van der Waals surface area contributed by atoms with E-state index in [1.165, 1.54) is 18.6 Å². The van der Waals surface area contributed by atoms with E-state index in [-0.39, 0.29) is 17.6 Å². The van der Waals surface area contributed by atoms with Crippen LogP contribution in [0.2, 0.25) is 0 Å². The molecule has 1 aromatic rings. The monoisotopic (exact) mass is 297 g/mol. The van der Waals surface area contributed by atoms with Crippen molar-refractivity contribution in [1.82, 2.24) is 0 Å². The van der Waals surface area contributed by atoms with Crippen LogP contribution in [0.4, 0.5) is 10.1 Å². The maximum absolute atomic E-state index is 12.9. The molecule has 17 heavy (non-hydrogen) atoms. The first-order chi connectivity index (χ1) is 8.13. The molecule has 0 spiro atoms. The second-order valence-corrected chi connectivity index (χ2v) is 5.89. The van der Waals surface area contributed by atoms with Crippen molar-refractivity contribution in [1.29, 1.82) is 0 Å². The molecular weight excluding hydrogens is 285 g/mol. The van der Waals surface area contributed by atoms with Gasteiger partial charge in [0.05, 0.1) is 5.69 Å². The van der Waals surface area contributed by atoms with Gasteiger partial charge >= 0.3 is 0 Å². The van der Waals surface area contributed by atoms with Crippen molar-refractivity contribution in [3.8, 4) is 0 Å². The Kier molecular flexibility index (Phi) is 2.69. The number of rotatable bonds is 2. The van der Waals surface area contributed by atoms with Crippen LogP contribution in [0.25, 0.3) is 0 Å². The molecule has 2 unspecified atom stereocenters. The third-order valence-electron chi connectivity index (χ3n) is 3.80. The lowest BCUT2D eigenvalue weighted by atomic mass is 10.0. The van der Waals surface area contributed by atoms with Crippen molar-refractivity contribution >= 4 is 27.5 Å². The second kappa shape index (κ2) is 4.09. The molecule has 1 aromatic carbocycles. The van der Waals surface area contributed by atoms with Gasteiger partial charge in [0.15, 0.2) is 0 Å². The summed E-state index contributed by atoms with van der Waals surface area (Å²) in [6, 6.07) is 4.31. The van der Waals surface area contributed by atoms with Gasteiger partial charge in [-0.1, -0.05) is 0 Å². The maximum atomic E-state index is 12.9. The van der Waals surface area contributed by atoms with E-state index in [1.807, 2.05) is 0 Å². The van der Waals surface area contributed by atoms with Gasteiger partial charge in [-0.15, -0.1) is 0 Å². The van der Waals surface area contributed by atoms with E-state index in [4.69, 9.17) is 0 Å². The van der Waals surface area contributed by atoms with Gasteiger partial charge in [-0.05, 0) is 65.2 Å². The summed E-state index contributed by atoms with van der Waals surface area (Å²) in [7, 11) is 0. The van der Waals surface area contributed by atoms with Crippen molar-refractivity contribution in [3.63, 3.8) is 0 Å². The zero-order valence-corrected chi connectivity index (χ0v) is 10.8. The number of hydrogen-bond donors (Lipinski definition) is 1. The number of hydrogen-bond acceptors (Lipinski definition) is 1. The first kappa shape index (κ1) is 11.2. The molecular formula is C13H13BrFNO. The normalized spacial score (nSPS) is 29.9. The summed E-state index contributed by atoms with van der Waals surface area (Å²) in [5.41, 5.74) is 0.650. The average molecular weight is 298 g/mol. The Morgan fingerprint density at radius 2 is 2.00 bits per heavy atom. The molecule has 3 rings (SSSR count). The molecule has 90 valence electrons. The number of nitrogens with one attached hydrogen (secondary N) is 1. The second-order valence-electron chi connectivity index (χ2n) is 5.04. The van der Waals surface area contributed by atoms with Gasteiger partial charge in [-0.2, -0.15) is 0 Å². The number of carbonyl (C=O) groups excluding carboxylic acids is 1. The zero-order valence-electron chi connectivity index (χ0n) is 9.25. The number of fused-ring (bicyclic) bond motifs is 1. The summed E-state index contributed by atoms with van der Waals surface area (Å²) >= 11 is 3.25. The van der Waals surface area contributed by atoms with E-state index in [1.54, 1.807) is 6.07 Å². The lowest BCUT2D eigenvalue weighted by Gasteiger charge is -2.13. The highest BCUT2D eigenvalue weighted by molar-refractivity contribution is 9.10. The van der Waals surface area contributed by atoms with Crippen LogP contribution in [0.15, 0.2) is 22.7 Å². The molecule has 2 saturated carbocycles. The van der Waals surface area contributed by atoms with E-state index >= 15 is 0 Å². The predicted octanol–water partition coefficient (Wildman–Crippen LogP) is 3.57. The first-order valence-electron chi connectivity index (χ1n) is 5.89. The average Bonchev–Trinajstić information content (AvgIpc) is 2.89. The lowest BCUT2D eigenvalue weighted by Crippen LogP contribution is -2.21. The molecule has 0 saturated heterocycles. The fourth-order valence-corrected chi connectivity index (χ4v) is 3.20. The highest BCUT2D eigenvalue weighted by Crippen LogP contribution is 2.54. The third kappa shape index (κ3) is 2.23. The molecule has 2 atom stereocenters. The topological polar surface area (TPSA) is 29.1 Å². The van der Waals surface area contributed by atoms with Crippen LogP contribution in [0.5, 0.6) is 0 Å². The first-order valence-corrected chi connectivity index (χ1v) is 6.68. The molecule has 2 nitrogen and oxygen atoms in total. The van der Waals surface area contributed by atoms with Gasteiger partial charge in [0, 0.05) is 10.4 Å². The highest BCUT2D eigenvalue weighted by atomic mass is 79.9. The van der Waals surface area contributed by atoms with E-state index in [0.717, 1.165) is 24.7 Å². The Bertz CT molecular complexity index is 466. The number of anilines is 1. The molecule has 1 amide bonds. The summed E-state index contributed by atoms with van der Waals surface area (Å²) in [5.74, 6) is 1.50. The minimum Gasteiger partial charge on any atom is -0.325 e. The van der Waals surface area contributed by atoms with E-state index in [9.17, 15) is 9.18 Å². The van der Waals surface area contributed by atoms with Crippen molar-refractivity contribution < 1.29 is 9.18 Å². The van der Waals surface area contributed by atoms with Crippen LogP contribution >= 0.6 is 15.9 Å². The largest absolute Gasteiger partial charge is 0.325 e. The van der Waals surface area contributed by atoms with E-state index in [0.29, 0.717) is 10.2 Å². The van der Waals surface area contributed by atoms with E-state index in [2.05, 4.69) is 21.2 Å². The molecule has 0 aromatic heterocycles. The number of carbonyl (C=O) groups is 1. The SMILES string of the molecule is O=C(Nc1ccc(F)cc1Br)C1CC2CC2C1. The minimum absolute atomic E-state index is 0.0736. The summed E-state index contributed by atoms with van der Waals surface area (Å²) in [6.45, 7) is 0. The molecule has 0 bridgehead atoms. The van der Waals surface area contributed by atoms with Gasteiger partial charge in [0.2, 0.25) is 5.91 Å². The smallest absolute Gasteiger partial charge is 0.227 e. The Labute approximate surface area is 108 Å². The van der Waals surface area contributed by atoms with Gasteiger partial charge in [0.1, 0.15) is 5.82 Å². The summed E-state index contributed by atoms with van der Waals surface area (Å²) in [6.07, 6.45) is 3.36. The number of benzene rings is 1. The molecule has 0 radical (unpaired) electrons. The van der Waals surface area contributed by atoms with Crippen molar-refractivity contribution in [3.05, 3.63) is 28.5 Å². The minimum atomic E-state index is -0.308. The molecule has 4 heteroatoms. The Hall–Kier alpha value is -0.900. The van der Waals surface area contributed by atoms with Crippen LogP contribution in [-0.2, 0) is 4.79 Å². The number of halogens is 2. The fraction of sp³-hybridized carbons (Fsp3) is 0.462. The zero-order chi connectivity index (χ0) is 12.0. The van der Waals surface area contributed by atoms with Crippen molar-refractivity contribution in [2.24, 2.45) is 17.8 Å². The van der Waals surface area contributed by atoms with Crippen LogP contribution in [0.1, 0.15) is 19.3 Å². The highest BCUT2D eigenvalue weighted by Gasteiger charge is 2.47. The van der Waals surface area contributed by atoms with Crippen molar-refractivity contribution in [2.75, 3.05) is 5.32 Å². The van der Waals surface area contributed by atoms with Gasteiger partial charge in [-0.3, -0.25) is 4.79 Å². The molecule has 2 aliphatic carbocycles. The third-order valence-corrected chi connectivity index (χ3v) is 4.46. The summed E-state index contributed by atoms with van der Waals surface area (Å²) < 4.78 is 13.5. The quantitative estimate of drug-likeness (QED) is 0.888. The lowest BCUT2D eigenvalue weighted by molar-refractivity contribution is -0.120. The summed E-state index contributed by atoms with van der Waals surface area (Å²) in [5, 5.41) is 2.87. The van der Waals surface area contributed by atoms with Gasteiger partial charge in [0.25, 0.3) is 0 Å². The molecule has 2 fully saturated rings. The van der Waals surface area contributed by atoms with Crippen LogP contribution in [0, 0.1) is 23.6 Å². The molecule has 0 aliphatic heterocycles. The Morgan fingerprint density at radius 3 is 2.65 bits per heavy atom. The predicted molar refractivity (Wildman–Crippen MR) is 67.1 cm³/mol. The van der Waals surface area contributed by atoms with Crippen LogP contribution < -0.4 is 5.32 Å². The van der Waals surface area contributed by atoms with Crippen LogP contribution in [0.3, 0.4) is 0 Å². The van der Waals surface area contributed by atoms with Crippen molar-refractivity contribution in [2.45, 2.75) is 19.3 Å². The molecule has 0 heterocycles. The Balaban J connectivity index is 1.67. The molecule has 2 aliphatic rings. The number of amides is 1.